The van der Waals surface area contributed by atoms with E-state index in [9.17, 15) is 9.59 Å². The SMILES string of the molecule is O=C(O)c1cccc(C(=O)N2CCC3CCCCC32)c1. The number of rotatable bonds is 2. The van der Waals surface area contributed by atoms with Crippen molar-refractivity contribution in [3.8, 4) is 0 Å². The van der Waals surface area contributed by atoms with Gasteiger partial charge in [0.15, 0.2) is 0 Å². The number of benzene rings is 1. The zero-order valence-corrected chi connectivity index (χ0v) is 11.4. The van der Waals surface area contributed by atoms with Crippen molar-refractivity contribution in [3.63, 3.8) is 0 Å². The van der Waals surface area contributed by atoms with Gasteiger partial charge in [0.25, 0.3) is 5.91 Å². The minimum Gasteiger partial charge on any atom is -0.478 e. The molecule has 20 heavy (non-hydrogen) atoms. The van der Waals surface area contributed by atoms with Crippen LogP contribution in [0.15, 0.2) is 24.3 Å². The highest BCUT2D eigenvalue weighted by Gasteiger charge is 2.38. The molecule has 3 rings (SSSR count). The number of fused-ring (bicyclic) bond motifs is 1. The smallest absolute Gasteiger partial charge is 0.335 e. The number of carbonyl (C=O) groups is 2. The van der Waals surface area contributed by atoms with Gasteiger partial charge in [0, 0.05) is 18.2 Å². The zero-order chi connectivity index (χ0) is 14.1. The summed E-state index contributed by atoms with van der Waals surface area (Å²) in [7, 11) is 0. The van der Waals surface area contributed by atoms with Gasteiger partial charge >= 0.3 is 5.97 Å². The van der Waals surface area contributed by atoms with Crippen molar-refractivity contribution in [3.05, 3.63) is 35.4 Å². The van der Waals surface area contributed by atoms with Crippen LogP contribution < -0.4 is 0 Å². The maximum absolute atomic E-state index is 12.6. The summed E-state index contributed by atoms with van der Waals surface area (Å²) >= 11 is 0. The van der Waals surface area contributed by atoms with Crippen LogP contribution in [0.3, 0.4) is 0 Å². The Hall–Kier alpha value is -1.84. The van der Waals surface area contributed by atoms with E-state index in [4.69, 9.17) is 5.11 Å². The number of carboxylic acids is 1. The summed E-state index contributed by atoms with van der Waals surface area (Å²) in [5.74, 6) is -0.352. The van der Waals surface area contributed by atoms with Crippen molar-refractivity contribution in [2.75, 3.05) is 6.54 Å². The highest BCUT2D eigenvalue weighted by Crippen LogP contribution is 2.36. The average Bonchev–Trinajstić information content (AvgIpc) is 2.90. The van der Waals surface area contributed by atoms with Crippen LogP contribution in [-0.4, -0.2) is 34.5 Å². The molecule has 0 bridgehead atoms. The lowest BCUT2D eigenvalue weighted by molar-refractivity contribution is 0.0690. The van der Waals surface area contributed by atoms with Crippen LogP contribution in [0.4, 0.5) is 0 Å². The van der Waals surface area contributed by atoms with E-state index in [1.807, 2.05) is 4.90 Å². The predicted octanol–water partition coefficient (Wildman–Crippen LogP) is 2.79. The second-order valence-electron chi connectivity index (χ2n) is 5.79. The number of aromatic carboxylic acids is 1. The van der Waals surface area contributed by atoms with Gasteiger partial charge in [-0.1, -0.05) is 18.9 Å². The van der Waals surface area contributed by atoms with Crippen molar-refractivity contribution >= 4 is 11.9 Å². The predicted molar refractivity (Wildman–Crippen MR) is 74.8 cm³/mol. The molecule has 1 aliphatic carbocycles. The maximum Gasteiger partial charge on any atom is 0.335 e. The van der Waals surface area contributed by atoms with Gasteiger partial charge in [-0.2, -0.15) is 0 Å². The Balaban J connectivity index is 1.82. The molecule has 0 spiro atoms. The molecule has 1 aliphatic heterocycles. The number of amides is 1. The quantitative estimate of drug-likeness (QED) is 0.901. The maximum atomic E-state index is 12.6. The number of likely N-dealkylation sites (tertiary alicyclic amines) is 1. The van der Waals surface area contributed by atoms with E-state index in [0.29, 0.717) is 17.5 Å². The highest BCUT2D eigenvalue weighted by atomic mass is 16.4. The van der Waals surface area contributed by atoms with E-state index in [-0.39, 0.29) is 11.5 Å². The molecule has 4 nitrogen and oxygen atoms in total. The second-order valence-corrected chi connectivity index (χ2v) is 5.79. The molecule has 2 unspecified atom stereocenters. The van der Waals surface area contributed by atoms with Gasteiger partial charge in [-0.3, -0.25) is 4.79 Å². The molecule has 4 heteroatoms. The Bertz CT molecular complexity index is 540. The number of hydrogen-bond acceptors (Lipinski definition) is 2. The van der Waals surface area contributed by atoms with Gasteiger partial charge in [0.1, 0.15) is 0 Å². The summed E-state index contributed by atoms with van der Waals surface area (Å²) < 4.78 is 0. The standard InChI is InChI=1S/C16H19NO3/c18-15(12-5-3-6-13(10-12)16(19)20)17-9-8-11-4-1-2-7-14(11)17/h3,5-6,10-11,14H,1-2,4,7-9H2,(H,19,20). The van der Waals surface area contributed by atoms with E-state index in [0.717, 1.165) is 19.4 Å². The second kappa shape index (κ2) is 5.27. The summed E-state index contributed by atoms with van der Waals surface area (Å²) in [6.45, 7) is 0.811. The van der Waals surface area contributed by atoms with Crippen LogP contribution in [0.25, 0.3) is 0 Å². The summed E-state index contributed by atoms with van der Waals surface area (Å²) in [5, 5.41) is 9.02. The highest BCUT2D eigenvalue weighted by molar-refractivity contribution is 5.97. The van der Waals surface area contributed by atoms with Crippen LogP contribution in [0, 0.1) is 5.92 Å². The van der Waals surface area contributed by atoms with Crippen molar-refractivity contribution in [1.82, 2.24) is 4.90 Å². The molecule has 1 aromatic carbocycles. The molecule has 2 atom stereocenters. The van der Waals surface area contributed by atoms with Crippen molar-refractivity contribution in [1.29, 1.82) is 0 Å². The molecule has 0 radical (unpaired) electrons. The van der Waals surface area contributed by atoms with Crippen LogP contribution in [0.5, 0.6) is 0 Å². The fraction of sp³-hybridized carbons (Fsp3) is 0.500. The van der Waals surface area contributed by atoms with E-state index >= 15 is 0 Å². The van der Waals surface area contributed by atoms with Gasteiger partial charge < -0.3 is 10.0 Å². The first-order valence-corrected chi connectivity index (χ1v) is 7.31. The van der Waals surface area contributed by atoms with Crippen LogP contribution in [-0.2, 0) is 0 Å². The third kappa shape index (κ3) is 2.30. The monoisotopic (exact) mass is 273 g/mol. The summed E-state index contributed by atoms with van der Waals surface area (Å²) in [6.07, 6.45) is 5.88. The Kier molecular flexibility index (Phi) is 3.47. The average molecular weight is 273 g/mol. The Morgan fingerprint density at radius 1 is 1.10 bits per heavy atom. The fourth-order valence-electron chi connectivity index (χ4n) is 3.61. The van der Waals surface area contributed by atoms with E-state index < -0.39 is 5.97 Å². The molecular formula is C16H19NO3. The van der Waals surface area contributed by atoms with Gasteiger partial charge in [-0.15, -0.1) is 0 Å². The molecular weight excluding hydrogens is 254 g/mol. The third-order valence-electron chi connectivity index (χ3n) is 4.63. The molecule has 1 saturated carbocycles. The molecule has 1 saturated heterocycles. The topological polar surface area (TPSA) is 57.6 Å². The van der Waals surface area contributed by atoms with Crippen molar-refractivity contribution in [2.45, 2.75) is 38.1 Å². The lowest BCUT2D eigenvalue weighted by Crippen LogP contribution is -2.39. The number of carboxylic acid groups (broad SMARTS) is 1. The molecule has 2 fully saturated rings. The lowest BCUT2D eigenvalue weighted by atomic mass is 9.85. The number of hydrogen-bond donors (Lipinski definition) is 1. The molecule has 1 heterocycles. The largest absolute Gasteiger partial charge is 0.478 e. The van der Waals surface area contributed by atoms with Crippen LogP contribution >= 0.6 is 0 Å². The van der Waals surface area contributed by atoms with Crippen LogP contribution in [0.2, 0.25) is 0 Å². The van der Waals surface area contributed by atoms with E-state index in [2.05, 4.69) is 0 Å². The Morgan fingerprint density at radius 3 is 2.65 bits per heavy atom. The third-order valence-corrected chi connectivity index (χ3v) is 4.63. The van der Waals surface area contributed by atoms with Crippen molar-refractivity contribution < 1.29 is 14.7 Å². The summed E-state index contributed by atoms with van der Waals surface area (Å²) in [6, 6.07) is 6.73. The minimum absolute atomic E-state index is 0.0116. The van der Waals surface area contributed by atoms with Gasteiger partial charge in [-0.05, 0) is 43.4 Å². The normalized spacial score (nSPS) is 25.3. The van der Waals surface area contributed by atoms with Gasteiger partial charge in [0.2, 0.25) is 0 Å². The molecule has 0 aromatic heterocycles. The first-order chi connectivity index (χ1) is 9.66. The lowest BCUT2D eigenvalue weighted by Gasteiger charge is -2.31. The minimum atomic E-state index is -0.989. The molecule has 1 amide bonds. The summed E-state index contributed by atoms with van der Waals surface area (Å²) in [5.41, 5.74) is 0.673. The first kappa shape index (κ1) is 13.2. The van der Waals surface area contributed by atoms with Gasteiger partial charge in [-0.25, -0.2) is 4.79 Å². The van der Waals surface area contributed by atoms with Crippen LogP contribution in [0.1, 0.15) is 52.8 Å². The molecule has 106 valence electrons. The van der Waals surface area contributed by atoms with Crippen molar-refractivity contribution in [2.24, 2.45) is 5.92 Å². The first-order valence-electron chi connectivity index (χ1n) is 7.31. The molecule has 1 N–H and O–H groups in total. The zero-order valence-electron chi connectivity index (χ0n) is 11.4. The fourth-order valence-corrected chi connectivity index (χ4v) is 3.61. The van der Waals surface area contributed by atoms with E-state index in [1.54, 1.807) is 12.1 Å². The number of carbonyl (C=O) groups excluding carboxylic acids is 1. The molecule has 1 aromatic rings. The molecule has 2 aliphatic rings. The summed E-state index contributed by atoms with van der Waals surface area (Å²) in [4.78, 5) is 25.6. The van der Waals surface area contributed by atoms with E-state index in [1.165, 1.54) is 31.4 Å². The Labute approximate surface area is 118 Å². The Morgan fingerprint density at radius 2 is 1.85 bits per heavy atom. The number of nitrogens with zero attached hydrogens (tertiary/aromatic N) is 1. The van der Waals surface area contributed by atoms with Gasteiger partial charge in [0.05, 0.1) is 5.56 Å².